The maximum absolute atomic E-state index is 6.26. The van der Waals surface area contributed by atoms with Gasteiger partial charge in [0.25, 0.3) is 0 Å². The zero-order valence-corrected chi connectivity index (χ0v) is 12.8. The van der Waals surface area contributed by atoms with Crippen molar-refractivity contribution in [2.45, 2.75) is 50.7 Å². The molecule has 110 valence electrons. The molecule has 1 aromatic rings. The minimum atomic E-state index is 0.109. The molecule has 1 aliphatic heterocycles. The number of nitrogens with zero attached hydrogens (tertiary/aromatic N) is 2. The second-order valence-corrected chi connectivity index (χ2v) is 6.46. The molecule has 0 spiro atoms. The smallest absolute Gasteiger partial charge is 0.0665 e. The lowest BCUT2D eigenvalue weighted by molar-refractivity contribution is 0.248. The highest BCUT2D eigenvalue weighted by atomic mass is 15.3. The van der Waals surface area contributed by atoms with Gasteiger partial charge in [-0.3, -0.25) is 4.90 Å². The van der Waals surface area contributed by atoms with Crippen molar-refractivity contribution in [3.63, 3.8) is 0 Å². The van der Waals surface area contributed by atoms with Gasteiger partial charge in [0, 0.05) is 37.4 Å². The summed E-state index contributed by atoms with van der Waals surface area (Å²) in [4.78, 5) is 5.23. The normalized spacial score (nSPS) is 30.6. The van der Waals surface area contributed by atoms with Crippen molar-refractivity contribution in [3.05, 3.63) is 30.3 Å². The molecule has 3 rings (SSSR count). The summed E-state index contributed by atoms with van der Waals surface area (Å²) < 4.78 is 0. The first kappa shape index (κ1) is 13.9. The number of rotatable bonds is 5. The van der Waals surface area contributed by atoms with Crippen molar-refractivity contribution < 1.29 is 0 Å². The molecule has 3 nitrogen and oxygen atoms in total. The Hall–Kier alpha value is -1.06. The van der Waals surface area contributed by atoms with E-state index in [1.165, 1.54) is 24.9 Å². The zero-order chi connectivity index (χ0) is 14.2. The lowest BCUT2D eigenvalue weighted by Gasteiger charge is -2.42. The van der Waals surface area contributed by atoms with Gasteiger partial charge in [-0.2, -0.15) is 0 Å². The highest BCUT2D eigenvalue weighted by Crippen LogP contribution is 2.40. The molecule has 20 heavy (non-hydrogen) atoms. The van der Waals surface area contributed by atoms with E-state index in [9.17, 15) is 0 Å². The molecule has 2 N–H and O–H groups in total. The van der Waals surface area contributed by atoms with Crippen LogP contribution in [0.2, 0.25) is 0 Å². The molecule has 1 saturated carbocycles. The van der Waals surface area contributed by atoms with Crippen LogP contribution < -0.4 is 10.6 Å². The molecule has 1 aliphatic carbocycles. The first-order valence-electron chi connectivity index (χ1n) is 7.98. The first-order valence-corrected chi connectivity index (χ1v) is 7.98. The molecule has 1 aromatic carbocycles. The summed E-state index contributed by atoms with van der Waals surface area (Å²) in [6, 6.07) is 12.2. The minimum Gasteiger partial charge on any atom is -0.364 e. The lowest BCUT2D eigenvalue weighted by atomic mass is 9.93. The van der Waals surface area contributed by atoms with Crippen LogP contribution >= 0.6 is 0 Å². The van der Waals surface area contributed by atoms with E-state index in [2.05, 4.69) is 54.0 Å². The summed E-state index contributed by atoms with van der Waals surface area (Å²) in [5.74, 6) is 0. The molecule has 0 aromatic heterocycles. The molecule has 1 heterocycles. The van der Waals surface area contributed by atoms with Crippen LogP contribution in [0.25, 0.3) is 0 Å². The molecule has 2 unspecified atom stereocenters. The molecular weight excluding hydrogens is 246 g/mol. The van der Waals surface area contributed by atoms with Gasteiger partial charge in [-0.1, -0.05) is 18.2 Å². The Labute approximate surface area is 122 Å². The third-order valence-corrected chi connectivity index (χ3v) is 5.07. The Morgan fingerprint density at radius 2 is 2.00 bits per heavy atom. The molecule has 0 radical (unpaired) electrons. The number of para-hydroxylation sites is 1. The van der Waals surface area contributed by atoms with E-state index in [1.807, 2.05) is 0 Å². The Balaban J connectivity index is 1.87. The van der Waals surface area contributed by atoms with Crippen LogP contribution in [0.4, 0.5) is 5.69 Å². The van der Waals surface area contributed by atoms with Crippen LogP contribution in [-0.4, -0.2) is 42.2 Å². The fraction of sp³-hybridized carbons (Fsp3) is 0.647. The van der Waals surface area contributed by atoms with E-state index in [-0.39, 0.29) is 5.54 Å². The van der Waals surface area contributed by atoms with Crippen molar-refractivity contribution in [1.82, 2.24) is 4.90 Å². The van der Waals surface area contributed by atoms with Crippen LogP contribution in [0.1, 0.15) is 33.1 Å². The van der Waals surface area contributed by atoms with E-state index in [0.29, 0.717) is 6.04 Å². The summed E-state index contributed by atoms with van der Waals surface area (Å²) >= 11 is 0. The SMILES string of the molecule is CCN(c1ccccc1)C1(CN)CC(C)N(C2CC2)C1. The molecule has 3 heteroatoms. The second kappa shape index (κ2) is 5.38. The quantitative estimate of drug-likeness (QED) is 0.894. The van der Waals surface area contributed by atoms with Gasteiger partial charge in [0.2, 0.25) is 0 Å². The van der Waals surface area contributed by atoms with E-state index in [1.54, 1.807) is 0 Å². The Morgan fingerprint density at radius 1 is 1.30 bits per heavy atom. The minimum absolute atomic E-state index is 0.109. The van der Waals surface area contributed by atoms with Crippen molar-refractivity contribution >= 4 is 5.69 Å². The third kappa shape index (κ3) is 2.33. The molecule has 0 bridgehead atoms. The first-order chi connectivity index (χ1) is 9.70. The molecule has 0 amide bonds. The van der Waals surface area contributed by atoms with E-state index in [0.717, 1.165) is 25.7 Å². The fourth-order valence-electron chi connectivity index (χ4n) is 3.98. The third-order valence-electron chi connectivity index (χ3n) is 5.07. The number of hydrogen-bond acceptors (Lipinski definition) is 3. The maximum atomic E-state index is 6.26. The van der Waals surface area contributed by atoms with Crippen molar-refractivity contribution in [1.29, 1.82) is 0 Å². The highest BCUT2D eigenvalue weighted by molar-refractivity contribution is 5.50. The topological polar surface area (TPSA) is 32.5 Å². The summed E-state index contributed by atoms with van der Waals surface area (Å²) in [5.41, 5.74) is 7.68. The van der Waals surface area contributed by atoms with Gasteiger partial charge in [-0.05, 0) is 45.2 Å². The molecule has 1 saturated heterocycles. The number of anilines is 1. The van der Waals surface area contributed by atoms with Gasteiger partial charge < -0.3 is 10.6 Å². The summed E-state index contributed by atoms with van der Waals surface area (Å²) in [6.07, 6.45) is 3.94. The van der Waals surface area contributed by atoms with Crippen LogP contribution in [0.15, 0.2) is 30.3 Å². The monoisotopic (exact) mass is 273 g/mol. The maximum Gasteiger partial charge on any atom is 0.0665 e. The largest absolute Gasteiger partial charge is 0.364 e. The fourth-order valence-corrected chi connectivity index (χ4v) is 3.98. The molecule has 2 fully saturated rings. The number of benzene rings is 1. The molecule has 2 atom stereocenters. The van der Waals surface area contributed by atoms with Crippen molar-refractivity contribution in [3.8, 4) is 0 Å². The number of likely N-dealkylation sites (tertiary alicyclic amines) is 1. The number of nitrogens with two attached hydrogens (primary N) is 1. The standard InChI is InChI=1S/C17H27N3/c1-3-20(16-7-5-4-6-8-16)17(12-18)11-14(2)19(13-17)15-9-10-15/h4-8,14-15H,3,9-13,18H2,1-2H3. The second-order valence-electron chi connectivity index (χ2n) is 6.46. The lowest BCUT2D eigenvalue weighted by Crippen LogP contribution is -2.56. The van der Waals surface area contributed by atoms with E-state index < -0.39 is 0 Å². The Kier molecular flexibility index (Phi) is 3.74. The number of likely N-dealkylation sites (N-methyl/N-ethyl adjacent to an activating group) is 1. The van der Waals surface area contributed by atoms with Gasteiger partial charge in [0.15, 0.2) is 0 Å². The van der Waals surface area contributed by atoms with Crippen LogP contribution in [0.3, 0.4) is 0 Å². The molecular formula is C17H27N3. The summed E-state index contributed by atoms with van der Waals surface area (Å²) in [6.45, 7) is 7.50. The average Bonchev–Trinajstić information content (AvgIpc) is 3.26. The van der Waals surface area contributed by atoms with Crippen LogP contribution in [0, 0.1) is 0 Å². The highest BCUT2D eigenvalue weighted by Gasteiger charge is 2.49. The van der Waals surface area contributed by atoms with Gasteiger partial charge in [0.05, 0.1) is 5.54 Å². The van der Waals surface area contributed by atoms with E-state index in [4.69, 9.17) is 5.73 Å². The molecule has 2 aliphatic rings. The predicted molar refractivity (Wildman–Crippen MR) is 85.1 cm³/mol. The van der Waals surface area contributed by atoms with Gasteiger partial charge in [0.1, 0.15) is 0 Å². The summed E-state index contributed by atoms with van der Waals surface area (Å²) in [5, 5.41) is 0. The summed E-state index contributed by atoms with van der Waals surface area (Å²) in [7, 11) is 0. The van der Waals surface area contributed by atoms with Crippen molar-refractivity contribution in [2.75, 3.05) is 24.5 Å². The van der Waals surface area contributed by atoms with Crippen LogP contribution in [-0.2, 0) is 0 Å². The Bertz CT molecular complexity index is 443. The van der Waals surface area contributed by atoms with Crippen molar-refractivity contribution in [2.24, 2.45) is 5.73 Å². The van der Waals surface area contributed by atoms with Gasteiger partial charge >= 0.3 is 0 Å². The predicted octanol–water partition coefficient (Wildman–Crippen LogP) is 2.47. The number of hydrogen-bond donors (Lipinski definition) is 1. The van der Waals surface area contributed by atoms with Gasteiger partial charge in [-0.25, -0.2) is 0 Å². The Morgan fingerprint density at radius 3 is 2.55 bits per heavy atom. The van der Waals surface area contributed by atoms with Crippen LogP contribution in [0.5, 0.6) is 0 Å². The van der Waals surface area contributed by atoms with Gasteiger partial charge in [-0.15, -0.1) is 0 Å². The zero-order valence-electron chi connectivity index (χ0n) is 12.8. The van der Waals surface area contributed by atoms with E-state index >= 15 is 0 Å². The average molecular weight is 273 g/mol.